The summed E-state index contributed by atoms with van der Waals surface area (Å²) in [6.07, 6.45) is -1.12. The van der Waals surface area contributed by atoms with Gasteiger partial charge in [0.2, 0.25) is 5.91 Å². The monoisotopic (exact) mass is 492 g/mol. The van der Waals surface area contributed by atoms with Crippen molar-refractivity contribution in [3.63, 3.8) is 0 Å². The van der Waals surface area contributed by atoms with Crippen LogP contribution in [-0.2, 0) is 22.4 Å². The van der Waals surface area contributed by atoms with Crippen LogP contribution in [0.3, 0.4) is 0 Å². The highest BCUT2D eigenvalue weighted by Gasteiger charge is 2.36. The van der Waals surface area contributed by atoms with Crippen LogP contribution in [0.25, 0.3) is 0 Å². The zero-order valence-electron chi connectivity index (χ0n) is 20.8. The summed E-state index contributed by atoms with van der Waals surface area (Å²) in [6.45, 7) is 5.78. The van der Waals surface area contributed by atoms with Gasteiger partial charge in [-0.3, -0.25) is 4.79 Å². The number of nitrogens with one attached hydrogen (secondary N) is 1. The lowest BCUT2D eigenvalue weighted by Crippen LogP contribution is -2.60. The number of alkyl carbamates (subject to hydrolysis) is 1. The van der Waals surface area contributed by atoms with Gasteiger partial charge < -0.3 is 25.0 Å². The van der Waals surface area contributed by atoms with Gasteiger partial charge in [0, 0.05) is 26.1 Å². The molecule has 2 atom stereocenters. The Morgan fingerprint density at radius 2 is 1.81 bits per heavy atom. The summed E-state index contributed by atoms with van der Waals surface area (Å²) in [5, 5.41) is 21.6. The first-order chi connectivity index (χ1) is 17.1. The smallest absolute Gasteiger partial charge is 0.408 e. The summed E-state index contributed by atoms with van der Waals surface area (Å²) in [6, 6.07) is 17.1. The minimum absolute atomic E-state index is 0.163. The Labute approximate surface area is 211 Å². The van der Waals surface area contributed by atoms with Gasteiger partial charge >= 0.3 is 12.2 Å². The molecule has 2 unspecified atom stereocenters. The fourth-order valence-corrected chi connectivity index (χ4v) is 4.24. The van der Waals surface area contributed by atoms with E-state index in [1.165, 1.54) is 4.90 Å². The molecule has 2 aromatic carbocycles. The van der Waals surface area contributed by atoms with Crippen LogP contribution in [0.2, 0.25) is 0 Å². The number of piperazine rings is 1. The highest BCUT2D eigenvalue weighted by atomic mass is 16.6. The quantitative estimate of drug-likeness (QED) is 0.637. The predicted molar refractivity (Wildman–Crippen MR) is 133 cm³/mol. The normalized spacial score (nSPS) is 16.6. The first-order valence-electron chi connectivity index (χ1n) is 11.9. The summed E-state index contributed by atoms with van der Waals surface area (Å²) in [5.41, 5.74) is 1.40. The number of benzene rings is 2. The lowest BCUT2D eigenvalue weighted by Gasteiger charge is -2.41. The van der Waals surface area contributed by atoms with Crippen molar-refractivity contribution in [1.29, 1.82) is 5.26 Å². The molecular weight excluding hydrogens is 460 g/mol. The van der Waals surface area contributed by atoms with E-state index in [2.05, 4.69) is 11.4 Å². The molecule has 9 heteroatoms. The van der Waals surface area contributed by atoms with Gasteiger partial charge in [0.05, 0.1) is 17.7 Å². The Bertz CT molecular complexity index is 1120. The standard InChI is InChI=1S/C27H32N4O5/c1-27(2,3)36-25(33)29-23(16-20-10-7-11-21(14-20)17-28)24(32)30-12-13-31(26(34)35)22(18-30)15-19-8-5-4-6-9-19/h4-11,14,22-23H,12-13,15-16,18H2,1-3H3,(H,29,33)(H,34,35). The number of hydrogen-bond donors (Lipinski definition) is 2. The number of amides is 3. The van der Waals surface area contributed by atoms with Crippen molar-refractivity contribution >= 4 is 18.1 Å². The molecule has 0 bridgehead atoms. The fraction of sp³-hybridized carbons (Fsp3) is 0.407. The third-order valence-corrected chi connectivity index (χ3v) is 5.84. The number of hydrogen-bond acceptors (Lipinski definition) is 5. The van der Waals surface area contributed by atoms with Gasteiger partial charge in [-0.1, -0.05) is 42.5 Å². The molecule has 190 valence electrons. The molecule has 0 radical (unpaired) electrons. The van der Waals surface area contributed by atoms with Gasteiger partial charge in [-0.25, -0.2) is 9.59 Å². The average molecular weight is 493 g/mol. The molecular formula is C27H32N4O5. The van der Waals surface area contributed by atoms with Gasteiger partial charge in [-0.2, -0.15) is 5.26 Å². The van der Waals surface area contributed by atoms with E-state index in [9.17, 15) is 24.8 Å². The number of nitriles is 1. The van der Waals surface area contributed by atoms with Gasteiger partial charge in [0.25, 0.3) is 0 Å². The Kier molecular flexibility index (Phi) is 8.54. The zero-order chi connectivity index (χ0) is 26.3. The molecule has 0 saturated carbocycles. The molecule has 1 aliphatic rings. The Hall–Kier alpha value is -4.06. The van der Waals surface area contributed by atoms with Crippen LogP contribution in [0.15, 0.2) is 54.6 Å². The van der Waals surface area contributed by atoms with Gasteiger partial charge in [-0.05, 0) is 50.5 Å². The van der Waals surface area contributed by atoms with Gasteiger partial charge in [-0.15, -0.1) is 0 Å². The van der Waals surface area contributed by atoms with E-state index in [4.69, 9.17) is 4.74 Å². The second-order valence-corrected chi connectivity index (χ2v) is 9.82. The second-order valence-electron chi connectivity index (χ2n) is 9.82. The van der Waals surface area contributed by atoms with Crippen molar-refractivity contribution in [2.75, 3.05) is 19.6 Å². The molecule has 3 amide bonds. The van der Waals surface area contributed by atoms with E-state index in [0.29, 0.717) is 17.5 Å². The van der Waals surface area contributed by atoms with Crippen molar-refractivity contribution in [2.45, 2.75) is 51.3 Å². The van der Waals surface area contributed by atoms with Crippen molar-refractivity contribution in [3.05, 3.63) is 71.3 Å². The maximum Gasteiger partial charge on any atom is 0.408 e. The first-order valence-corrected chi connectivity index (χ1v) is 11.9. The third-order valence-electron chi connectivity index (χ3n) is 5.84. The van der Waals surface area contributed by atoms with Crippen LogP contribution in [-0.4, -0.2) is 70.3 Å². The van der Waals surface area contributed by atoms with Crippen LogP contribution in [0, 0.1) is 11.3 Å². The summed E-state index contributed by atoms with van der Waals surface area (Å²) >= 11 is 0. The second kappa shape index (κ2) is 11.6. The van der Waals surface area contributed by atoms with Crippen molar-refractivity contribution in [1.82, 2.24) is 15.1 Å². The first kappa shape index (κ1) is 26.5. The highest BCUT2D eigenvalue weighted by molar-refractivity contribution is 5.86. The molecule has 0 spiro atoms. The van der Waals surface area contributed by atoms with Crippen molar-refractivity contribution in [2.24, 2.45) is 0 Å². The minimum Gasteiger partial charge on any atom is -0.465 e. The molecule has 1 aliphatic heterocycles. The van der Waals surface area contributed by atoms with Crippen LogP contribution < -0.4 is 5.32 Å². The lowest BCUT2D eigenvalue weighted by molar-refractivity contribution is -0.136. The summed E-state index contributed by atoms with van der Waals surface area (Å²) in [4.78, 5) is 41.1. The Morgan fingerprint density at radius 1 is 1.11 bits per heavy atom. The van der Waals surface area contributed by atoms with Gasteiger partial charge in [0.15, 0.2) is 0 Å². The van der Waals surface area contributed by atoms with E-state index in [0.717, 1.165) is 5.56 Å². The zero-order valence-corrected chi connectivity index (χ0v) is 20.8. The van der Waals surface area contributed by atoms with E-state index in [-0.39, 0.29) is 32.0 Å². The maximum absolute atomic E-state index is 13.7. The topological polar surface area (TPSA) is 123 Å². The van der Waals surface area contributed by atoms with E-state index >= 15 is 0 Å². The van der Waals surface area contributed by atoms with Crippen LogP contribution in [0.1, 0.15) is 37.5 Å². The molecule has 2 N–H and O–H groups in total. The van der Waals surface area contributed by atoms with E-state index in [1.54, 1.807) is 49.9 Å². The Balaban J connectivity index is 1.81. The maximum atomic E-state index is 13.7. The molecule has 3 rings (SSSR count). The number of rotatable bonds is 6. The van der Waals surface area contributed by atoms with Crippen molar-refractivity contribution in [3.8, 4) is 6.07 Å². The van der Waals surface area contributed by atoms with Crippen molar-refractivity contribution < 1.29 is 24.2 Å². The number of carbonyl (C=O) groups is 3. The lowest BCUT2D eigenvalue weighted by atomic mass is 10.00. The van der Waals surface area contributed by atoms with E-state index in [1.807, 2.05) is 30.3 Å². The molecule has 1 heterocycles. The van der Waals surface area contributed by atoms with E-state index < -0.39 is 29.9 Å². The highest BCUT2D eigenvalue weighted by Crippen LogP contribution is 2.18. The molecule has 2 aromatic rings. The fourth-order valence-electron chi connectivity index (χ4n) is 4.24. The predicted octanol–water partition coefficient (Wildman–Crippen LogP) is 3.43. The summed E-state index contributed by atoms with van der Waals surface area (Å²) in [7, 11) is 0. The largest absolute Gasteiger partial charge is 0.465 e. The summed E-state index contributed by atoms with van der Waals surface area (Å²) < 4.78 is 5.38. The minimum atomic E-state index is -1.03. The third kappa shape index (κ3) is 7.47. The average Bonchev–Trinajstić information content (AvgIpc) is 2.82. The number of nitrogens with zero attached hydrogens (tertiary/aromatic N) is 3. The number of carboxylic acid groups (broad SMARTS) is 1. The van der Waals surface area contributed by atoms with Gasteiger partial charge in [0.1, 0.15) is 11.6 Å². The molecule has 9 nitrogen and oxygen atoms in total. The van der Waals surface area contributed by atoms with Crippen LogP contribution in [0.4, 0.5) is 9.59 Å². The molecule has 36 heavy (non-hydrogen) atoms. The number of carbonyl (C=O) groups excluding carboxylic acids is 2. The molecule has 1 saturated heterocycles. The van der Waals surface area contributed by atoms with Crippen LogP contribution >= 0.6 is 0 Å². The molecule has 0 aliphatic carbocycles. The summed E-state index contributed by atoms with van der Waals surface area (Å²) in [5.74, 6) is -0.327. The Morgan fingerprint density at radius 3 is 2.44 bits per heavy atom. The molecule has 1 fully saturated rings. The number of ether oxygens (including phenoxy) is 1. The SMILES string of the molecule is CC(C)(C)OC(=O)NC(Cc1cccc(C#N)c1)C(=O)N1CCN(C(=O)O)C(Cc2ccccc2)C1. The molecule has 0 aromatic heterocycles. The van der Waals surface area contributed by atoms with Crippen LogP contribution in [0.5, 0.6) is 0 Å².